The Bertz CT molecular complexity index is 551. The summed E-state index contributed by atoms with van der Waals surface area (Å²) in [5.74, 6) is 0.879. The van der Waals surface area contributed by atoms with Crippen LogP contribution in [0.4, 0.5) is 5.69 Å². The van der Waals surface area contributed by atoms with Crippen molar-refractivity contribution in [3.05, 3.63) is 51.1 Å². The summed E-state index contributed by atoms with van der Waals surface area (Å²) < 4.78 is 1.13. The summed E-state index contributed by atoms with van der Waals surface area (Å²) in [7, 11) is 0. The van der Waals surface area contributed by atoms with Gasteiger partial charge in [-0.1, -0.05) is 30.0 Å². The average molecular weight is 325 g/mol. The second kappa shape index (κ2) is 4.84. The minimum absolute atomic E-state index is 0.879. The Morgan fingerprint density at radius 2 is 2.00 bits per heavy atom. The fourth-order valence-electron chi connectivity index (χ4n) is 1.58. The molecule has 0 saturated carbocycles. The standard InChI is InChI=1S/C12H9BrN2S2/c13-10-6-7-16-11(10)12-14-15(8-17-12)9-4-2-1-3-5-9/h1-7H,8H2. The van der Waals surface area contributed by atoms with Gasteiger partial charge in [-0.25, -0.2) is 0 Å². The van der Waals surface area contributed by atoms with E-state index in [9.17, 15) is 0 Å². The number of thiophene rings is 1. The zero-order valence-corrected chi connectivity index (χ0v) is 12.1. The van der Waals surface area contributed by atoms with Crippen LogP contribution in [0.2, 0.25) is 0 Å². The minimum atomic E-state index is 0.879. The smallest absolute Gasteiger partial charge is 0.137 e. The Balaban J connectivity index is 1.89. The van der Waals surface area contributed by atoms with E-state index in [1.165, 1.54) is 4.88 Å². The molecule has 0 N–H and O–H groups in total. The molecule has 3 rings (SSSR count). The van der Waals surface area contributed by atoms with E-state index in [0.29, 0.717) is 0 Å². The summed E-state index contributed by atoms with van der Waals surface area (Å²) in [6.07, 6.45) is 0. The highest BCUT2D eigenvalue weighted by molar-refractivity contribution is 9.10. The zero-order valence-electron chi connectivity index (χ0n) is 8.84. The fourth-order valence-corrected chi connectivity index (χ4v) is 4.32. The van der Waals surface area contributed by atoms with E-state index >= 15 is 0 Å². The SMILES string of the molecule is Brc1ccsc1C1=NN(c2ccccc2)CS1. The van der Waals surface area contributed by atoms with E-state index in [0.717, 1.165) is 21.1 Å². The number of thioether (sulfide) groups is 1. The molecule has 86 valence electrons. The maximum absolute atomic E-state index is 4.65. The van der Waals surface area contributed by atoms with Gasteiger partial charge in [0.25, 0.3) is 0 Å². The van der Waals surface area contributed by atoms with E-state index in [-0.39, 0.29) is 0 Å². The van der Waals surface area contributed by atoms with Gasteiger partial charge in [0, 0.05) is 4.47 Å². The van der Waals surface area contributed by atoms with Gasteiger partial charge in [0.05, 0.1) is 16.4 Å². The van der Waals surface area contributed by atoms with E-state index in [4.69, 9.17) is 0 Å². The number of anilines is 1. The highest BCUT2D eigenvalue weighted by Gasteiger charge is 2.20. The van der Waals surface area contributed by atoms with Crippen LogP contribution < -0.4 is 5.01 Å². The van der Waals surface area contributed by atoms with Gasteiger partial charge in [0.1, 0.15) is 5.04 Å². The molecule has 2 heterocycles. The van der Waals surface area contributed by atoms with Crippen molar-refractivity contribution in [2.75, 3.05) is 10.9 Å². The van der Waals surface area contributed by atoms with Crippen LogP contribution in [0.15, 0.2) is 51.4 Å². The number of para-hydroxylation sites is 1. The van der Waals surface area contributed by atoms with Crippen molar-refractivity contribution in [2.45, 2.75) is 0 Å². The maximum atomic E-state index is 4.65. The van der Waals surface area contributed by atoms with E-state index in [1.54, 1.807) is 23.1 Å². The lowest BCUT2D eigenvalue weighted by molar-refractivity contribution is 1.01. The first-order valence-electron chi connectivity index (χ1n) is 5.12. The molecule has 2 aromatic rings. The van der Waals surface area contributed by atoms with Gasteiger partial charge < -0.3 is 0 Å². The largest absolute Gasteiger partial charge is 0.254 e. The van der Waals surface area contributed by atoms with E-state index in [1.807, 2.05) is 23.2 Å². The molecule has 0 bridgehead atoms. The topological polar surface area (TPSA) is 15.6 Å². The molecule has 0 unspecified atom stereocenters. The highest BCUT2D eigenvalue weighted by atomic mass is 79.9. The van der Waals surface area contributed by atoms with Gasteiger partial charge in [-0.3, -0.25) is 5.01 Å². The predicted molar refractivity (Wildman–Crippen MR) is 79.9 cm³/mol. The number of hydrazone groups is 1. The minimum Gasteiger partial charge on any atom is -0.254 e. The van der Waals surface area contributed by atoms with Crippen LogP contribution in [0.1, 0.15) is 4.88 Å². The first kappa shape index (κ1) is 11.3. The lowest BCUT2D eigenvalue weighted by Crippen LogP contribution is -2.09. The Labute approximate surface area is 116 Å². The van der Waals surface area contributed by atoms with Crippen LogP contribution >= 0.6 is 39.0 Å². The molecule has 0 saturated heterocycles. The second-order valence-corrected chi connectivity index (χ2v) is 6.22. The molecule has 1 aromatic carbocycles. The van der Waals surface area contributed by atoms with Gasteiger partial charge in [0.2, 0.25) is 0 Å². The Morgan fingerprint density at radius 3 is 2.71 bits per heavy atom. The van der Waals surface area contributed by atoms with Gasteiger partial charge in [0.15, 0.2) is 0 Å². The van der Waals surface area contributed by atoms with Crippen molar-refractivity contribution in [1.82, 2.24) is 0 Å². The number of nitrogens with zero attached hydrogens (tertiary/aromatic N) is 2. The number of halogens is 1. The quantitative estimate of drug-likeness (QED) is 0.814. The molecule has 5 heteroatoms. The number of hydrogen-bond donors (Lipinski definition) is 0. The molecular formula is C12H9BrN2S2. The van der Waals surface area contributed by atoms with Crippen molar-refractivity contribution in [2.24, 2.45) is 5.10 Å². The number of hydrogen-bond acceptors (Lipinski definition) is 4. The van der Waals surface area contributed by atoms with Crippen molar-refractivity contribution in [3.8, 4) is 0 Å². The van der Waals surface area contributed by atoms with Crippen LogP contribution in [0.5, 0.6) is 0 Å². The van der Waals surface area contributed by atoms with Crippen LogP contribution in [0, 0.1) is 0 Å². The summed E-state index contributed by atoms with van der Waals surface area (Å²) >= 11 is 7.04. The van der Waals surface area contributed by atoms with E-state index < -0.39 is 0 Å². The van der Waals surface area contributed by atoms with Gasteiger partial charge in [-0.2, -0.15) is 5.10 Å². The van der Waals surface area contributed by atoms with Crippen molar-refractivity contribution < 1.29 is 0 Å². The molecular weight excluding hydrogens is 316 g/mol. The third-order valence-corrected chi connectivity index (χ3v) is 5.31. The lowest BCUT2D eigenvalue weighted by Gasteiger charge is -2.11. The normalized spacial score (nSPS) is 15.1. The first-order chi connectivity index (χ1) is 8.34. The third kappa shape index (κ3) is 2.27. The maximum Gasteiger partial charge on any atom is 0.137 e. The fraction of sp³-hybridized carbons (Fsp3) is 0.0833. The van der Waals surface area contributed by atoms with Crippen LogP contribution in [0.25, 0.3) is 0 Å². The molecule has 17 heavy (non-hydrogen) atoms. The molecule has 1 aliphatic heterocycles. The Hall–Kier alpha value is -0.780. The van der Waals surface area contributed by atoms with Crippen molar-refractivity contribution in [3.63, 3.8) is 0 Å². The predicted octanol–water partition coefficient (Wildman–Crippen LogP) is 4.38. The van der Waals surface area contributed by atoms with Crippen molar-refractivity contribution in [1.29, 1.82) is 0 Å². The Morgan fingerprint density at radius 1 is 1.18 bits per heavy atom. The summed E-state index contributed by atoms with van der Waals surface area (Å²) in [5, 5.41) is 9.86. The molecule has 0 radical (unpaired) electrons. The summed E-state index contributed by atoms with van der Waals surface area (Å²) in [4.78, 5) is 1.22. The van der Waals surface area contributed by atoms with Gasteiger partial charge in [-0.05, 0) is 39.5 Å². The zero-order chi connectivity index (χ0) is 11.7. The molecule has 0 aliphatic carbocycles. The Kier molecular flexibility index (Phi) is 3.22. The van der Waals surface area contributed by atoms with Crippen LogP contribution in [-0.2, 0) is 0 Å². The molecule has 2 nitrogen and oxygen atoms in total. The van der Waals surface area contributed by atoms with Crippen molar-refractivity contribution >= 4 is 49.8 Å². The van der Waals surface area contributed by atoms with Crippen LogP contribution in [0.3, 0.4) is 0 Å². The highest BCUT2D eigenvalue weighted by Crippen LogP contribution is 2.33. The number of rotatable bonds is 2. The molecule has 0 fully saturated rings. The second-order valence-electron chi connectivity index (χ2n) is 3.51. The third-order valence-electron chi connectivity index (χ3n) is 2.40. The number of benzene rings is 1. The van der Waals surface area contributed by atoms with Crippen LogP contribution in [-0.4, -0.2) is 10.9 Å². The summed E-state index contributed by atoms with van der Waals surface area (Å²) in [6, 6.07) is 12.3. The molecule has 1 aromatic heterocycles. The molecule has 0 spiro atoms. The van der Waals surface area contributed by atoms with Gasteiger partial charge in [-0.15, -0.1) is 11.3 Å². The summed E-state index contributed by atoms with van der Waals surface area (Å²) in [6.45, 7) is 0. The average Bonchev–Trinajstić information content (AvgIpc) is 2.98. The molecule has 0 amide bonds. The van der Waals surface area contributed by atoms with E-state index in [2.05, 4.69) is 44.6 Å². The lowest BCUT2D eigenvalue weighted by atomic mass is 10.3. The van der Waals surface area contributed by atoms with Gasteiger partial charge >= 0.3 is 0 Å². The first-order valence-corrected chi connectivity index (χ1v) is 7.78. The monoisotopic (exact) mass is 324 g/mol. The summed E-state index contributed by atoms with van der Waals surface area (Å²) in [5.41, 5.74) is 1.14. The molecule has 0 atom stereocenters. The molecule has 1 aliphatic rings.